The molecular formula is C12H17NO2. The lowest BCUT2D eigenvalue weighted by Gasteiger charge is -2.11. The first kappa shape index (κ1) is 11.7. The van der Waals surface area contributed by atoms with E-state index in [-0.39, 0.29) is 5.91 Å². The minimum atomic E-state index is -0.481. The second kappa shape index (κ2) is 4.94. The average molecular weight is 207 g/mol. The summed E-state index contributed by atoms with van der Waals surface area (Å²) >= 11 is 0. The predicted octanol–water partition coefficient (Wildman–Crippen LogP) is 2.05. The molecule has 0 aromatic heterocycles. The molecule has 0 bridgehead atoms. The molecule has 0 radical (unpaired) electrons. The molecule has 15 heavy (non-hydrogen) atoms. The summed E-state index contributed by atoms with van der Waals surface area (Å²) in [5.41, 5.74) is 2.95. The van der Waals surface area contributed by atoms with Crippen molar-refractivity contribution in [1.29, 1.82) is 0 Å². The highest BCUT2D eigenvalue weighted by molar-refractivity contribution is 5.92. The quantitative estimate of drug-likeness (QED) is 0.797. The number of carbonyl (C=O) groups is 1. The standard InChI is InChI=1S/C12H17NO2/c1-8(2)10-5-4-9(3)11(6-10)13-12(15)7-14/h4-6,8,14H,7H2,1-3H3,(H,13,15). The molecule has 0 saturated heterocycles. The van der Waals surface area contributed by atoms with Crippen molar-refractivity contribution in [3.05, 3.63) is 29.3 Å². The first-order chi connectivity index (χ1) is 7.04. The maximum atomic E-state index is 11.1. The lowest BCUT2D eigenvalue weighted by atomic mass is 10.0. The fraction of sp³-hybridized carbons (Fsp3) is 0.417. The Hall–Kier alpha value is -1.35. The number of carbonyl (C=O) groups excluding carboxylic acids is 1. The Bertz CT molecular complexity index is 359. The summed E-state index contributed by atoms with van der Waals surface area (Å²) in [5, 5.41) is 11.3. The SMILES string of the molecule is Cc1ccc(C(C)C)cc1NC(=O)CO. The highest BCUT2D eigenvalue weighted by Crippen LogP contribution is 2.22. The largest absolute Gasteiger partial charge is 0.387 e. The average Bonchev–Trinajstić information content (AvgIpc) is 2.20. The fourth-order valence-electron chi connectivity index (χ4n) is 1.32. The van der Waals surface area contributed by atoms with Crippen molar-refractivity contribution in [3.63, 3.8) is 0 Å². The van der Waals surface area contributed by atoms with E-state index in [0.29, 0.717) is 5.92 Å². The van der Waals surface area contributed by atoms with Gasteiger partial charge in [-0.25, -0.2) is 0 Å². The molecule has 2 N–H and O–H groups in total. The Balaban J connectivity index is 2.95. The highest BCUT2D eigenvalue weighted by Gasteiger charge is 2.06. The van der Waals surface area contributed by atoms with Gasteiger partial charge in [-0.3, -0.25) is 4.79 Å². The molecule has 1 aromatic carbocycles. The normalized spacial score (nSPS) is 10.5. The van der Waals surface area contributed by atoms with Gasteiger partial charge in [0.25, 0.3) is 0 Å². The number of aliphatic hydroxyl groups is 1. The molecule has 3 nitrogen and oxygen atoms in total. The number of aryl methyl sites for hydroxylation is 1. The summed E-state index contributed by atoms with van der Waals surface area (Å²) in [5.74, 6) is 0.0504. The summed E-state index contributed by atoms with van der Waals surface area (Å²) in [7, 11) is 0. The number of benzene rings is 1. The van der Waals surface area contributed by atoms with Crippen LogP contribution in [0.25, 0.3) is 0 Å². The molecule has 0 spiro atoms. The third kappa shape index (κ3) is 3.06. The molecule has 3 heteroatoms. The van der Waals surface area contributed by atoms with Crippen molar-refractivity contribution in [1.82, 2.24) is 0 Å². The van der Waals surface area contributed by atoms with Crippen LogP contribution in [0.15, 0.2) is 18.2 Å². The first-order valence-corrected chi connectivity index (χ1v) is 5.06. The third-order valence-corrected chi connectivity index (χ3v) is 2.35. The summed E-state index contributed by atoms with van der Waals surface area (Å²) in [6.45, 7) is 5.65. The van der Waals surface area contributed by atoms with E-state index in [1.54, 1.807) is 0 Å². The zero-order chi connectivity index (χ0) is 11.4. The molecule has 0 aliphatic heterocycles. The third-order valence-electron chi connectivity index (χ3n) is 2.35. The van der Waals surface area contributed by atoms with E-state index < -0.39 is 6.61 Å². The molecule has 0 unspecified atom stereocenters. The van der Waals surface area contributed by atoms with Crippen LogP contribution >= 0.6 is 0 Å². The Morgan fingerprint density at radius 2 is 2.13 bits per heavy atom. The van der Waals surface area contributed by atoms with Gasteiger partial charge in [-0.15, -0.1) is 0 Å². The zero-order valence-electron chi connectivity index (χ0n) is 9.37. The monoisotopic (exact) mass is 207 g/mol. The lowest BCUT2D eigenvalue weighted by molar-refractivity contribution is -0.118. The number of anilines is 1. The molecule has 1 aromatic rings. The lowest BCUT2D eigenvalue weighted by Crippen LogP contribution is -2.16. The molecule has 1 rings (SSSR count). The maximum Gasteiger partial charge on any atom is 0.250 e. The van der Waals surface area contributed by atoms with Gasteiger partial charge in [-0.1, -0.05) is 26.0 Å². The van der Waals surface area contributed by atoms with Gasteiger partial charge in [-0.05, 0) is 30.0 Å². The fourth-order valence-corrected chi connectivity index (χ4v) is 1.32. The van der Waals surface area contributed by atoms with E-state index in [4.69, 9.17) is 5.11 Å². The number of hydrogen-bond acceptors (Lipinski definition) is 2. The van der Waals surface area contributed by atoms with Crippen molar-refractivity contribution >= 4 is 11.6 Å². The number of rotatable bonds is 3. The molecule has 0 saturated carbocycles. The minimum absolute atomic E-state index is 0.376. The number of hydrogen-bond donors (Lipinski definition) is 2. The first-order valence-electron chi connectivity index (χ1n) is 5.06. The molecular weight excluding hydrogens is 190 g/mol. The van der Waals surface area contributed by atoms with E-state index in [0.717, 1.165) is 11.3 Å². The summed E-state index contributed by atoms with van der Waals surface area (Å²) in [6.07, 6.45) is 0. The Kier molecular flexibility index (Phi) is 3.86. The Morgan fingerprint density at radius 1 is 1.47 bits per heavy atom. The van der Waals surface area contributed by atoms with Crippen LogP contribution in [0.2, 0.25) is 0 Å². The van der Waals surface area contributed by atoms with Crippen molar-refractivity contribution in [3.8, 4) is 0 Å². The number of nitrogens with one attached hydrogen (secondary N) is 1. The Labute approximate surface area is 90.1 Å². The van der Waals surface area contributed by atoms with Gasteiger partial charge in [0.15, 0.2) is 0 Å². The molecule has 0 fully saturated rings. The van der Waals surface area contributed by atoms with Gasteiger partial charge in [0.05, 0.1) is 0 Å². The van der Waals surface area contributed by atoms with Crippen LogP contribution in [-0.4, -0.2) is 17.6 Å². The summed E-state index contributed by atoms with van der Waals surface area (Å²) in [4.78, 5) is 11.1. The molecule has 82 valence electrons. The number of amides is 1. The van der Waals surface area contributed by atoms with Crippen molar-refractivity contribution in [2.24, 2.45) is 0 Å². The van der Waals surface area contributed by atoms with Gasteiger partial charge < -0.3 is 10.4 Å². The van der Waals surface area contributed by atoms with Gasteiger partial charge in [0.2, 0.25) is 5.91 Å². The molecule has 0 aliphatic rings. The van der Waals surface area contributed by atoms with Gasteiger partial charge in [-0.2, -0.15) is 0 Å². The maximum absolute atomic E-state index is 11.1. The molecule has 0 atom stereocenters. The van der Waals surface area contributed by atoms with E-state index in [9.17, 15) is 4.79 Å². The van der Waals surface area contributed by atoms with Crippen molar-refractivity contribution in [2.45, 2.75) is 26.7 Å². The van der Waals surface area contributed by atoms with Gasteiger partial charge in [0, 0.05) is 5.69 Å². The van der Waals surface area contributed by atoms with E-state index in [1.165, 1.54) is 5.56 Å². The van der Waals surface area contributed by atoms with Crippen LogP contribution in [0.1, 0.15) is 30.9 Å². The minimum Gasteiger partial charge on any atom is -0.387 e. The van der Waals surface area contributed by atoms with Crippen molar-refractivity contribution < 1.29 is 9.90 Å². The molecule has 1 amide bonds. The predicted molar refractivity (Wildman–Crippen MR) is 61.0 cm³/mol. The summed E-state index contributed by atoms with van der Waals surface area (Å²) < 4.78 is 0. The second-order valence-corrected chi connectivity index (χ2v) is 3.94. The van der Waals surface area contributed by atoms with E-state index >= 15 is 0 Å². The second-order valence-electron chi connectivity index (χ2n) is 3.94. The highest BCUT2D eigenvalue weighted by atomic mass is 16.3. The zero-order valence-corrected chi connectivity index (χ0v) is 9.37. The van der Waals surface area contributed by atoms with Crippen LogP contribution in [-0.2, 0) is 4.79 Å². The van der Waals surface area contributed by atoms with Crippen LogP contribution in [0.3, 0.4) is 0 Å². The smallest absolute Gasteiger partial charge is 0.250 e. The van der Waals surface area contributed by atoms with Crippen molar-refractivity contribution in [2.75, 3.05) is 11.9 Å². The van der Waals surface area contributed by atoms with Gasteiger partial charge in [0.1, 0.15) is 6.61 Å². The Morgan fingerprint density at radius 3 is 2.67 bits per heavy atom. The molecule has 0 heterocycles. The summed E-state index contributed by atoms with van der Waals surface area (Å²) in [6, 6.07) is 5.98. The van der Waals surface area contributed by atoms with Crippen LogP contribution in [0.5, 0.6) is 0 Å². The van der Waals surface area contributed by atoms with Crippen LogP contribution in [0.4, 0.5) is 5.69 Å². The van der Waals surface area contributed by atoms with Crippen LogP contribution in [0, 0.1) is 6.92 Å². The topological polar surface area (TPSA) is 49.3 Å². The van der Waals surface area contributed by atoms with E-state index in [2.05, 4.69) is 25.2 Å². The van der Waals surface area contributed by atoms with E-state index in [1.807, 2.05) is 19.1 Å². The van der Waals surface area contributed by atoms with Gasteiger partial charge >= 0.3 is 0 Å². The van der Waals surface area contributed by atoms with Crippen LogP contribution < -0.4 is 5.32 Å². The molecule has 0 aliphatic carbocycles. The number of aliphatic hydroxyl groups excluding tert-OH is 1.